The Labute approximate surface area is 242 Å². The first-order valence-corrected chi connectivity index (χ1v) is 14.6. The van der Waals surface area contributed by atoms with E-state index in [4.69, 9.17) is 4.74 Å². The largest absolute Gasteiger partial charge is 0.394 e. The van der Waals surface area contributed by atoms with Gasteiger partial charge in [0.05, 0.1) is 24.9 Å². The number of nitrogens with one attached hydrogen (secondary N) is 1. The second kappa shape index (κ2) is 13.8. The number of carbonyl (C=O) groups excluding carboxylic acids is 1. The summed E-state index contributed by atoms with van der Waals surface area (Å²) in [7, 11) is 1.94. The van der Waals surface area contributed by atoms with E-state index in [1.165, 1.54) is 11.1 Å². The zero-order valence-electron chi connectivity index (χ0n) is 24.6. The Morgan fingerprint density at radius 3 is 2.44 bits per heavy atom. The number of fused-ring (bicyclic) bond motifs is 1. The van der Waals surface area contributed by atoms with Crippen LogP contribution in [0.25, 0.3) is 27.6 Å². The van der Waals surface area contributed by atoms with Gasteiger partial charge in [0.15, 0.2) is 0 Å². The van der Waals surface area contributed by atoms with Crippen LogP contribution in [0.4, 0.5) is 5.69 Å². The van der Waals surface area contributed by atoms with Gasteiger partial charge in [-0.2, -0.15) is 5.26 Å². The second-order valence-electron chi connectivity index (χ2n) is 10.9. The molecule has 8 nitrogen and oxygen atoms in total. The molecule has 3 atom stereocenters. The van der Waals surface area contributed by atoms with Gasteiger partial charge < -0.3 is 29.7 Å². The number of ether oxygens (including phenoxy) is 1. The summed E-state index contributed by atoms with van der Waals surface area (Å²) >= 11 is 0. The maximum absolute atomic E-state index is 13.0. The Kier molecular flexibility index (Phi) is 10.2. The number of aliphatic hydroxyl groups excluding tert-OH is 2. The molecule has 1 aliphatic heterocycles. The summed E-state index contributed by atoms with van der Waals surface area (Å²) in [5.41, 5.74) is 4.68. The summed E-state index contributed by atoms with van der Waals surface area (Å²) in [5.74, 6) is -0.487. The number of aliphatic hydroxyl groups is 2. The van der Waals surface area contributed by atoms with Crippen LogP contribution in [-0.2, 0) is 16.6 Å². The molecular formula is C33H42N4O4. The number of carbonyl (C=O) groups is 1. The number of nitrogens with zero attached hydrogens (tertiary/aromatic N) is 3. The van der Waals surface area contributed by atoms with Crippen LogP contribution in [0.15, 0.2) is 54.1 Å². The fourth-order valence-electron chi connectivity index (χ4n) is 5.74. The number of anilines is 1. The Morgan fingerprint density at radius 2 is 1.76 bits per heavy atom. The molecule has 1 saturated heterocycles. The predicted molar refractivity (Wildman–Crippen MR) is 163 cm³/mol. The highest BCUT2D eigenvalue weighted by molar-refractivity contribution is 6.04. The molecule has 1 amide bonds. The molecule has 0 bridgehead atoms. The normalized spacial score (nSPS) is 19.5. The van der Waals surface area contributed by atoms with Crippen molar-refractivity contribution in [1.82, 2.24) is 9.88 Å². The topological polar surface area (TPSA) is 111 Å². The fraction of sp³-hybridized carbons (Fsp3) is 0.455. The van der Waals surface area contributed by atoms with Crippen molar-refractivity contribution in [2.24, 2.45) is 7.05 Å². The van der Waals surface area contributed by atoms with E-state index in [0.29, 0.717) is 18.4 Å². The number of hydrogen-bond acceptors (Lipinski definition) is 6. The summed E-state index contributed by atoms with van der Waals surface area (Å²) in [5, 5.41) is 34.4. The van der Waals surface area contributed by atoms with Crippen LogP contribution in [0.3, 0.4) is 0 Å². The van der Waals surface area contributed by atoms with Crippen LogP contribution in [-0.4, -0.2) is 65.2 Å². The van der Waals surface area contributed by atoms with Gasteiger partial charge in [-0.3, -0.25) is 4.79 Å². The number of aromatic nitrogens is 1. The van der Waals surface area contributed by atoms with Gasteiger partial charge in [-0.15, -0.1) is 0 Å². The lowest BCUT2D eigenvalue weighted by Gasteiger charge is -2.32. The quantitative estimate of drug-likeness (QED) is 0.231. The Balaban J connectivity index is 1.53. The van der Waals surface area contributed by atoms with Crippen molar-refractivity contribution in [2.75, 3.05) is 31.1 Å². The van der Waals surface area contributed by atoms with E-state index in [2.05, 4.69) is 66.5 Å². The standard InChI is InChI=1S/C33H42N4O4/c1-5-13-37(14-6-2)26-10-9-23-15-25(8-7-24(23)16-26)32-12-11-31(36(32)4)22(3)30(19-34)33(40)35-20-28-17-27(39)18-29(21-38)41-28/h7-12,15-16,27-29,38-39H,5-6,13-14,17-18,20-21H2,1-4H3,(H,35,40)/b30-22+. The lowest BCUT2D eigenvalue weighted by molar-refractivity contribution is -0.123. The minimum absolute atomic E-state index is 0.0302. The molecule has 0 radical (unpaired) electrons. The van der Waals surface area contributed by atoms with Crippen molar-refractivity contribution in [1.29, 1.82) is 5.26 Å². The van der Waals surface area contributed by atoms with Gasteiger partial charge in [0.2, 0.25) is 0 Å². The molecular weight excluding hydrogens is 516 g/mol. The van der Waals surface area contributed by atoms with Crippen molar-refractivity contribution in [3.8, 4) is 17.3 Å². The highest BCUT2D eigenvalue weighted by Gasteiger charge is 2.28. The van der Waals surface area contributed by atoms with Crippen LogP contribution in [0, 0.1) is 11.3 Å². The molecule has 2 heterocycles. The molecule has 1 aromatic heterocycles. The molecule has 41 heavy (non-hydrogen) atoms. The number of hydrogen-bond donors (Lipinski definition) is 3. The third kappa shape index (κ3) is 6.99. The van der Waals surface area contributed by atoms with E-state index < -0.39 is 24.2 Å². The summed E-state index contributed by atoms with van der Waals surface area (Å²) in [6.45, 7) is 8.24. The van der Waals surface area contributed by atoms with Crippen molar-refractivity contribution in [3.05, 3.63) is 59.8 Å². The van der Waals surface area contributed by atoms with Crippen molar-refractivity contribution >= 4 is 27.9 Å². The van der Waals surface area contributed by atoms with Crippen molar-refractivity contribution in [2.45, 2.75) is 64.8 Å². The molecule has 0 saturated carbocycles. The van der Waals surface area contributed by atoms with Crippen LogP contribution < -0.4 is 10.2 Å². The molecule has 3 aromatic rings. The SMILES string of the molecule is CCCN(CCC)c1ccc2cc(-c3ccc(/C(C)=C(\C#N)C(=O)NCC4CC(O)CC(CO)O4)n3C)ccc2c1. The lowest BCUT2D eigenvalue weighted by Crippen LogP contribution is -2.44. The molecule has 1 fully saturated rings. The summed E-state index contributed by atoms with van der Waals surface area (Å²) < 4.78 is 7.73. The number of amides is 1. The minimum Gasteiger partial charge on any atom is -0.394 e. The third-order valence-electron chi connectivity index (χ3n) is 7.84. The molecule has 1 aliphatic rings. The van der Waals surface area contributed by atoms with Gasteiger partial charge in [-0.05, 0) is 72.0 Å². The van der Waals surface area contributed by atoms with Gasteiger partial charge in [-0.1, -0.05) is 32.0 Å². The zero-order valence-corrected chi connectivity index (χ0v) is 24.6. The maximum atomic E-state index is 13.0. The maximum Gasteiger partial charge on any atom is 0.262 e. The van der Waals surface area contributed by atoms with Gasteiger partial charge in [-0.25, -0.2) is 0 Å². The van der Waals surface area contributed by atoms with E-state index in [0.717, 1.165) is 48.3 Å². The highest BCUT2D eigenvalue weighted by atomic mass is 16.5. The third-order valence-corrected chi connectivity index (χ3v) is 7.84. The molecule has 3 N–H and O–H groups in total. The van der Waals surface area contributed by atoms with Crippen molar-refractivity contribution in [3.63, 3.8) is 0 Å². The number of benzene rings is 2. The fourth-order valence-corrected chi connectivity index (χ4v) is 5.74. The van der Waals surface area contributed by atoms with E-state index in [-0.39, 0.29) is 18.7 Å². The highest BCUT2D eigenvalue weighted by Crippen LogP contribution is 2.31. The monoisotopic (exact) mass is 558 g/mol. The zero-order chi connectivity index (χ0) is 29.5. The second-order valence-corrected chi connectivity index (χ2v) is 10.9. The Bertz CT molecular complexity index is 1430. The molecule has 4 rings (SSSR count). The summed E-state index contributed by atoms with van der Waals surface area (Å²) in [6.07, 6.45) is 1.49. The van der Waals surface area contributed by atoms with Crippen LogP contribution in [0.1, 0.15) is 52.1 Å². The number of nitriles is 1. The van der Waals surface area contributed by atoms with E-state index >= 15 is 0 Å². The summed E-state index contributed by atoms with van der Waals surface area (Å²) in [4.78, 5) is 15.4. The van der Waals surface area contributed by atoms with E-state index in [9.17, 15) is 20.3 Å². The first-order chi connectivity index (χ1) is 19.8. The number of rotatable bonds is 11. The first-order valence-electron chi connectivity index (χ1n) is 14.6. The van der Waals surface area contributed by atoms with Crippen LogP contribution >= 0.6 is 0 Å². The summed E-state index contributed by atoms with van der Waals surface area (Å²) in [6, 6.07) is 19.1. The van der Waals surface area contributed by atoms with E-state index in [1.54, 1.807) is 6.92 Å². The van der Waals surface area contributed by atoms with Crippen LogP contribution in [0.2, 0.25) is 0 Å². The number of allylic oxidation sites excluding steroid dienone is 1. The Morgan fingerprint density at radius 1 is 1.07 bits per heavy atom. The molecule has 8 heteroatoms. The molecule has 0 spiro atoms. The molecule has 218 valence electrons. The van der Waals surface area contributed by atoms with Gasteiger partial charge in [0, 0.05) is 56.6 Å². The van der Waals surface area contributed by atoms with Gasteiger partial charge in [0.25, 0.3) is 5.91 Å². The van der Waals surface area contributed by atoms with E-state index in [1.807, 2.05) is 23.7 Å². The first kappa shape index (κ1) is 30.3. The Hall–Kier alpha value is -3.64. The smallest absolute Gasteiger partial charge is 0.262 e. The lowest BCUT2D eigenvalue weighted by atomic mass is 10.0. The predicted octanol–water partition coefficient (Wildman–Crippen LogP) is 4.79. The van der Waals surface area contributed by atoms with Crippen LogP contribution in [0.5, 0.6) is 0 Å². The van der Waals surface area contributed by atoms with Crippen molar-refractivity contribution < 1.29 is 19.7 Å². The average molecular weight is 559 g/mol. The minimum atomic E-state index is -0.591. The average Bonchev–Trinajstić information content (AvgIpc) is 3.36. The molecule has 0 aliphatic carbocycles. The molecule has 2 aromatic carbocycles. The van der Waals surface area contributed by atoms with Gasteiger partial charge in [0.1, 0.15) is 11.6 Å². The molecule has 3 unspecified atom stereocenters. The van der Waals surface area contributed by atoms with Gasteiger partial charge >= 0.3 is 0 Å².